The average Bonchev–Trinajstić information content (AvgIpc) is 2.59. The molecule has 0 bridgehead atoms. The standard InChI is InChI=1S/C21H27NO3/c1-6-18(17-8-10-20(25-5)15(3)12-17)22-21(23)13-16-7-9-19(24-4)14(2)11-16/h7-12,18H,6,13H2,1-5H3,(H,22,23). The Hall–Kier alpha value is -2.49. The van der Waals surface area contributed by atoms with Gasteiger partial charge in [0.1, 0.15) is 11.5 Å². The van der Waals surface area contributed by atoms with Crippen LogP contribution in [0.5, 0.6) is 11.5 Å². The van der Waals surface area contributed by atoms with Crippen LogP contribution in [0.25, 0.3) is 0 Å². The van der Waals surface area contributed by atoms with Crippen molar-refractivity contribution in [1.82, 2.24) is 5.32 Å². The first-order chi connectivity index (χ1) is 12.0. The molecule has 1 N–H and O–H groups in total. The van der Waals surface area contributed by atoms with Gasteiger partial charge < -0.3 is 14.8 Å². The molecule has 4 heteroatoms. The quantitative estimate of drug-likeness (QED) is 0.824. The topological polar surface area (TPSA) is 47.6 Å². The van der Waals surface area contributed by atoms with Gasteiger partial charge in [0, 0.05) is 0 Å². The molecule has 0 spiro atoms. The van der Waals surface area contributed by atoms with Crippen LogP contribution in [0.15, 0.2) is 36.4 Å². The number of ether oxygens (including phenoxy) is 2. The molecule has 1 unspecified atom stereocenters. The van der Waals surface area contributed by atoms with Crippen molar-refractivity contribution in [2.45, 2.75) is 39.7 Å². The Labute approximate surface area is 150 Å². The van der Waals surface area contributed by atoms with E-state index in [4.69, 9.17) is 9.47 Å². The molecule has 2 aromatic rings. The molecule has 134 valence electrons. The lowest BCUT2D eigenvalue weighted by Crippen LogP contribution is -2.29. The van der Waals surface area contributed by atoms with Gasteiger partial charge in [-0.1, -0.05) is 31.2 Å². The minimum Gasteiger partial charge on any atom is -0.496 e. The van der Waals surface area contributed by atoms with Gasteiger partial charge >= 0.3 is 0 Å². The Morgan fingerprint density at radius 3 is 2.12 bits per heavy atom. The lowest BCUT2D eigenvalue weighted by molar-refractivity contribution is -0.121. The second-order valence-electron chi connectivity index (χ2n) is 6.24. The molecule has 0 saturated carbocycles. The lowest BCUT2D eigenvalue weighted by Gasteiger charge is -2.19. The molecule has 1 amide bonds. The molecule has 1 atom stereocenters. The SMILES string of the molecule is CCC(NC(=O)Cc1ccc(OC)c(C)c1)c1ccc(OC)c(C)c1. The molecule has 0 aliphatic rings. The van der Waals surface area contributed by atoms with Crippen LogP contribution in [-0.4, -0.2) is 20.1 Å². The Kier molecular flexibility index (Phi) is 6.45. The normalized spacial score (nSPS) is 11.7. The molecule has 0 aromatic heterocycles. The zero-order valence-electron chi connectivity index (χ0n) is 15.7. The lowest BCUT2D eigenvalue weighted by atomic mass is 10.0. The van der Waals surface area contributed by atoms with Gasteiger partial charge in [0.05, 0.1) is 26.7 Å². The van der Waals surface area contributed by atoms with Crippen LogP contribution in [0.1, 0.15) is 41.6 Å². The van der Waals surface area contributed by atoms with Crippen molar-refractivity contribution in [2.75, 3.05) is 14.2 Å². The highest BCUT2D eigenvalue weighted by Crippen LogP contribution is 2.24. The highest BCUT2D eigenvalue weighted by molar-refractivity contribution is 5.79. The van der Waals surface area contributed by atoms with Crippen molar-refractivity contribution in [2.24, 2.45) is 0 Å². The summed E-state index contributed by atoms with van der Waals surface area (Å²) in [4.78, 5) is 12.5. The van der Waals surface area contributed by atoms with Crippen LogP contribution in [-0.2, 0) is 11.2 Å². The monoisotopic (exact) mass is 341 g/mol. The molecule has 0 aliphatic carbocycles. The number of carbonyl (C=O) groups is 1. The highest BCUT2D eigenvalue weighted by atomic mass is 16.5. The van der Waals surface area contributed by atoms with E-state index in [9.17, 15) is 4.79 Å². The molecule has 2 aromatic carbocycles. The van der Waals surface area contributed by atoms with E-state index in [0.29, 0.717) is 6.42 Å². The van der Waals surface area contributed by atoms with Gasteiger partial charge in [-0.05, 0) is 54.7 Å². The van der Waals surface area contributed by atoms with E-state index < -0.39 is 0 Å². The van der Waals surface area contributed by atoms with E-state index in [1.807, 2.05) is 44.2 Å². The Morgan fingerprint density at radius 1 is 1.00 bits per heavy atom. The summed E-state index contributed by atoms with van der Waals surface area (Å²) >= 11 is 0. The predicted octanol–water partition coefficient (Wildman–Crippen LogP) is 4.13. The van der Waals surface area contributed by atoms with Crippen molar-refractivity contribution in [1.29, 1.82) is 0 Å². The van der Waals surface area contributed by atoms with Crippen LogP contribution in [0, 0.1) is 13.8 Å². The van der Waals surface area contributed by atoms with Crippen molar-refractivity contribution in [3.8, 4) is 11.5 Å². The summed E-state index contributed by atoms with van der Waals surface area (Å²) in [5.41, 5.74) is 4.18. The number of methoxy groups -OCH3 is 2. The molecule has 0 radical (unpaired) electrons. The minimum absolute atomic E-state index is 0.00329. The number of rotatable bonds is 7. The first-order valence-electron chi connectivity index (χ1n) is 8.55. The fourth-order valence-corrected chi connectivity index (χ4v) is 3.02. The maximum atomic E-state index is 12.5. The molecule has 25 heavy (non-hydrogen) atoms. The minimum atomic E-state index is -0.00329. The summed E-state index contributed by atoms with van der Waals surface area (Å²) in [6.07, 6.45) is 1.19. The van der Waals surface area contributed by atoms with E-state index in [1.165, 1.54) is 0 Å². The van der Waals surface area contributed by atoms with Crippen molar-refractivity contribution in [3.05, 3.63) is 58.7 Å². The molecule has 0 heterocycles. The van der Waals surface area contributed by atoms with Gasteiger partial charge in [-0.2, -0.15) is 0 Å². The summed E-state index contributed by atoms with van der Waals surface area (Å²) in [6, 6.07) is 11.9. The van der Waals surface area contributed by atoms with Crippen molar-refractivity contribution in [3.63, 3.8) is 0 Å². The zero-order valence-corrected chi connectivity index (χ0v) is 15.7. The fraction of sp³-hybridized carbons (Fsp3) is 0.381. The number of carbonyl (C=O) groups excluding carboxylic acids is 1. The fourth-order valence-electron chi connectivity index (χ4n) is 3.02. The number of hydrogen-bond donors (Lipinski definition) is 1. The Morgan fingerprint density at radius 2 is 1.60 bits per heavy atom. The third-order valence-corrected chi connectivity index (χ3v) is 4.39. The van der Waals surface area contributed by atoms with E-state index >= 15 is 0 Å². The largest absolute Gasteiger partial charge is 0.496 e. The summed E-state index contributed by atoms with van der Waals surface area (Å²) in [5.74, 6) is 1.72. The first-order valence-corrected chi connectivity index (χ1v) is 8.55. The highest BCUT2D eigenvalue weighted by Gasteiger charge is 2.14. The number of benzene rings is 2. The second kappa shape index (κ2) is 8.56. The summed E-state index contributed by atoms with van der Waals surface area (Å²) in [6.45, 7) is 6.06. The van der Waals surface area contributed by atoms with Gasteiger partial charge in [-0.15, -0.1) is 0 Å². The van der Waals surface area contributed by atoms with Gasteiger partial charge in [0.25, 0.3) is 0 Å². The molecule has 0 fully saturated rings. The van der Waals surface area contributed by atoms with Crippen LogP contribution < -0.4 is 14.8 Å². The number of aryl methyl sites for hydroxylation is 2. The van der Waals surface area contributed by atoms with Crippen LogP contribution in [0.4, 0.5) is 0 Å². The Balaban J connectivity index is 2.07. The number of amides is 1. The average molecular weight is 341 g/mol. The maximum Gasteiger partial charge on any atom is 0.224 e. The smallest absolute Gasteiger partial charge is 0.224 e. The summed E-state index contributed by atoms with van der Waals surface area (Å²) in [7, 11) is 3.31. The summed E-state index contributed by atoms with van der Waals surface area (Å²) in [5, 5.41) is 3.13. The number of nitrogens with one attached hydrogen (secondary N) is 1. The van der Waals surface area contributed by atoms with Crippen molar-refractivity contribution >= 4 is 5.91 Å². The van der Waals surface area contributed by atoms with Crippen molar-refractivity contribution < 1.29 is 14.3 Å². The molecular weight excluding hydrogens is 314 g/mol. The second-order valence-corrected chi connectivity index (χ2v) is 6.24. The van der Waals surface area contributed by atoms with Gasteiger partial charge in [0.15, 0.2) is 0 Å². The molecule has 0 saturated heterocycles. The van der Waals surface area contributed by atoms with E-state index in [2.05, 4.69) is 18.3 Å². The Bertz CT molecular complexity index is 740. The third-order valence-electron chi connectivity index (χ3n) is 4.39. The summed E-state index contributed by atoms with van der Waals surface area (Å²) < 4.78 is 10.6. The van der Waals surface area contributed by atoms with E-state index in [0.717, 1.165) is 40.2 Å². The number of hydrogen-bond acceptors (Lipinski definition) is 3. The predicted molar refractivity (Wildman–Crippen MR) is 100 cm³/mol. The maximum absolute atomic E-state index is 12.5. The molecule has 4 nitrogen and oxygen atoms in total. The molecule has 0 aliphatic heterocycles. The van der Waals surface area contributed by atoms with Crippen LogP contribution in [0.3, 0.4) is 0 Å². The van der Waals surface area contributed by atoms with E-state index in [-0.39, 0.29) is 11.9 Å². The van der Waals surface area contributed by atoms with Crippen LogP contribution in [0.2, 0.25) is 0 Å². The zero-order chi connectivity index (χ0) is 18.4. The van der Waals surface area contributed by atoms with Gasteiger partial charge in [0.2, 0.25) is 5.91 Å². The molecular formula is C21H27NO3. The van der Waals surface area contributed by atoms with E-state index in [1.54, 1.807) is 14.2 Å². The van der Waals surface area contributed by atoms with Gasteiger partial charge in [-0.3, -0.25) is 4.79 Å². The molecule has 2 rings (SSSR count). The first kappa shape index (κ1) is 18.8. The third kappa shape index (κ3) is 4.75. The van der Waals surface area contributed by atoms with Gasteiger partial charge in [-0.25, -0.2) is 0 Å². The van der Waals surface area contributed by atoms with Crippen LogP contribution >= 0.6 is 0 Å².